The molecule has 0 aliphatic carbocycles. The third-order valence-corrected chi connectivity index (χ3v) is 1.96. The first kappa shape index (κ1) is 8.83. The molecule has 0 spiro atoms. The zero-order valence-corrected chi connectivity index (χ0v) is 7.58. The summed E-state index contributed by atoms with van der Waals surface area (Å²) < 4.78 is 13.2. The van der Waals surface area contributed by atoms with Crippen LogP contribution in [-0.2, 0) is 0 Å². The maximum atomic E-state index is 13.2. The number of rotatable bonds is 1. The van der Waals surface area contributed by atoms with Crippen LogP contribution in [-0.4, -0.2) is 9.97 Å². The van der Waals surface area contributed by atoms with E-state index in [9.17, 15) is 4.39 Å². The standard InChI is InChI=1S/C9H9FN4/c1-5-9(14-11)13-7-4-2-3-6(10)8(7)12-5/h2-4H,11H2,1H3,(H,13,14). The van der Waals surface area contributed by atoms with Crippen molar-refractivity contribution in [1.82, 2.24) is 9.97 Å². The molecule has 1 aromatic carbocycles. The average Bonchev–Trinajstić information content (AvgIpc) is 2.19. The summed E-state index contributed by atoms with van der Waals surface area (Å²) in [5, 5.41) is 0. The van der Waals surface area contributed by atoms with E-state index in [1.807, 2.05) is 0 Å². The van der Waals surface area contributed by atoms with Gasteiger partial charge in [0.2, 0.25) is 0 Å². The first-order chi connectivity index (χ1) is 6.72. The van der Waals surface area contributed by atoms with Gasteiger partial charge in [0.1, 0.15) is 5.52 Å². The zero-order chi connectivity index (χ0) is 10.1. The molecule has 0 aliphatic rings. The third kappa shape index (κ3) is 1.27. The molecule has 72 valence electrons. The van der Waals surface area contributed by atoms with E-state index in [0.29, 0.717) is 17.0 Å². The highest BCUT2D eigenvalue weighted by molar-refractivity contribution is 5.76. The number of nitrogens with one attached hydrogen (secondary N) is 1. The number of para-hydroxylation sites is 1. The number of aryl methyl sites for hydroxylation is 1. The van der Waals surface area contributed by atoms with Crippen LogP contribution in [0.4, 0.5) is 10.2 Å². The van der Waals surface area contributed by atoms with Gasteiger partial charge in [0, 0.05) is 0 Å². The molecule has 2 rings (SSSR count). The van der Waals surface area contributed by atoms with Crippen LogP contribution >= 0.6 is 0 Å². The van der Waals surface area contributed by atoms with Crippen LogP contribution < -0.4 is 11.3 Å². The summed E-state index contributed by atoms with van der Waals surface area (Å²) >= 11 is 0. The van der Waals surface area contributed by atoms with Crippen molar-refractivity contribution in [3.8, 4) is 0 Å². The lowest BCUT2D eigenvalue weighted by Crippen LogP contribution is -2.11. The van der Waals surface area contributed by atoms with Gasteiger partial charge in [-0.2, -0.15) is 0 Å². The number of benzene rings is 1. The fourth-order valence-electron chi connectivity index (χ4n) is 1.26. The number of anilines is 1. The molecule has 0 amide bonds. The van der Waals surface area contributed by atoms with Gasteiger partial charge in [0.15, 0.2) is 11.6 Å². The van der Waals surface area contributed by atoms with Gasteiger partial charge in [0.05, 0.1) is 11.2 Å². The third-order valence-electron chi connectivity index (χ3n) is 1.96. The lowest BCUT2D eigenvalue weighted by Gasteiger charge is -2.05. The topological polar surface area (TPSA) is 63.8 Å². The van der Waals surface area contributed by atoms with Crippen LogP contribution in [0.3, 0.4) is 0 Å². The molecular formula is C9H9FN4. The van der Waals surface area contributed by atoms with E-state index >= 15 is 0 Å². The minimum Gasteiger partial charge on any atom is -0.307 e. The maximum Gasteiger partial charge on any atom is 0.162 e. The molecule has 0 fully saturated rings. The van der Waals surface area contributed by atoms with E-state index < -0.39 is 0 Å². The number of nitrogens with two attached hydrogens (primary N) is 1. The molecule has 0 atom stereocenters. The first-order valence-electron chi connectivity index (χ1n) is 4.12. The van der Waals surface area contributed by atoms with Crippen molar-refractivity contribution in [2.24, 2.45) is 5.84 Å². The van der Waals surface area contributed by atoms with Crippen molar-refractivity contribution in [2.45, 2.75) is 6.92 Å². The lowest BCUT2D eigenvalue weighted by molar-refractivity contribution is 0.636. The van der Waals surface area contributed by atoms with Gasteiger partial charge < -0.3 is 5.43 Å². The number of hydrogen-bond donors (Lipinski definition) is 2. The second-order valence-electron chi connectivity index (χ2n) is 2.91. The summed E-state index contributed by atoms with van der Waals surface area (Å²) in [5.41, 5.74) is 3.74. The van der Waals surface area contributed by atoms with Crippen molar-refractivity contribution in [1.29, 1.82) is 0 Å². The van der Waals surface area contributed by atoms with Crippen LogP contribution in [0, 0.1) is 12.7 Å². The van der Waals surface area contributed by atoms with Gasteiger partial charge in [-0.05, 0) is 19.1 Å². The van der Waals surface area contributed by atoms with Crippen molar-refractivity contribution >= 4 is 16.9 Å². The summed E-state index contributed by atoms with van der Waals surface area (Å²) in [6.07, 6.45) is 0. The molecule has 0 bridgehead atoms. The quantitative estimate of drug-likeness (QED) is 0.529. The van der Waals surface area contributed by atoms with E-state index in [0.717, 1.165) is 0 Å². The summed E-state index contributed by atoms with van der Waals surface area (Å²) in [4.78, 5) is 8.18. The van der Waals surface area contributed by atoms with E-state index in [4.69, 9.17) is 5.84 Å². The fraction of sp³-hybridized carbons (Fsp3) is 0.111. The van der Waals surface area contributed by atoms with Crippen LogP contribution in [0.25, 0.3) is 11.0 Å². The molecular weight excluding hydrogens is 183 g/mol. The van der Waals surface area contributed by atoms with Crippen LogP contribution in [0.2, 0.25) is 0 Å². The number of fused-ring (bicyclic) bond motifs is 1. The molecule has 4 nitrogen and oxygen atoms in total. The van der Waals surface area contributed by atoms with Crippen LogP contribution in [0.5, 0.6) is 0 Å². The second kappa shape index (κ2) is 3.19. The van der Waals surface area contributed by atoms with Gasteiger partial charge in [0.25, 0.3) is 0 Å². The number of nitrogen functional groups attached to an aromatic ring is 1. The van der Waals surface area contributed by atoms with Crippen molar-refractivity contribution < 1.29 is 4.39 Å². The highest BCUT2D eigenvalue weighted by atomic mass is 19.1. The number of nitrogens with zero attached hydrogens (tertiary/aromatic N) is 2. The minimum atomic E-state index is -0.373. The van der Waals surface area contributed by atoms with Gasteiger partial charge >= 0.3 is 0 Å². The van der Waals surface area contributed by atoms with E-state index in [1.54, 1.807) is 19.1 Å². The molecule has 1 aromatic heterocycles. The number of halogens is 1. The normalized spacial score (nSPS) is 10.5. The molecule has 3 N–H and O–H groups in total. The smallest absolute Gasteiger partial charge is 0.162 e. The highest BCUT2D eigenvalue weighted by Gasteiger charge is 2.06. The maximum absolute atomic E-state index is 13.2. The second-order valence-corrected chi connectivity index (χ2v) is 2.91. The Balaban J connectivity index is 2.79. The molecule has 5 heteroatoms. The Bertz CT molecular complexity index is 483. The Labute approximate surface area is 79.9 Å². The Hall–Kier alpha value is -1.75. The molecule has 0 saturated heterocycles. The predicted molar refractivity (Wildman–Crippen MR) is 52.0 cm³/mol. The molecule has 0 aliphatic heterocycles. The fourth-order valence-corrected chi connectivity index (χ4v) is 1.26. The van der Waals surface area contributed by atoms with Crippen molar-refractivity contribution in [3.05, 3.63) is 29.7 Å². The summed E-state index contributed by atoms with van der Waals surface area (Å²) in [6, 6.07) is 4.62. The van der Waals surface area contributed by atoms with Gasteiger partial charge in [-0.1, -0.05) is 6.07 Å². The van der Waals surface area contributed by atoms with E-state index in [1.165, 1.54) is 6.07 Å². The van der Waals surface area contributed by atoms with Gasteiger partial charge in [-0.25, -0.2) is 20.2 Å². The summed E-state index contributed by atoms with van der Waals surface area (Å²) in [7, 11) is 0. The number of aromatic nitrogens is 2. The zero-order valence-electron chi connectivity index (χ0n) is 7.58. The van der Waals surface area contributed by atoms with Crippen molar-refractivity contribution in [3.63, 3.8) is 0 Å². The predicted octanol–water partition coefficient (Wildman–Crippen LogP) is 1.36. The van der Waals surface area contributed by atoms with E-state index in [2.05, 4.69) is 15.4 Å². The number of hydrazine groups is 1. The molecule has 0 unspecified atom stereocenters. The van der Waals surface area contributed by atoms with Crippen molar-refractivity contribution in [2.75, 3.05) is 5.43 Å². The average molecular weight is 192 g/mol. The Morgan fingerprint density at radius 2 is 2.14 bits per heavy atom. The molecule has 0 radical (unpaired) electrons. The Morgan fingerprint density at radius 1 is 1.36 bits per heavy atom. The van der Waals surface area contributed by atoms with Gasteiger partial charge in [-0.3, -0.25) is 0 Å². The molecule has 2 aromatic rings. The summed E-state index contributed by atoms with van der Waals surface area (Å²) in [5.74, 6) is 5.32. The van der Waals surface area contributed by atoms with Crippen LogP contribution in [0.1, 0.15) is 5.69 Å². The SMILES string of the molecule is Cc1nc2c(F)cccc2nc1NN. The molecule has 1 heterocycles. The molecule has 0 saturated carbocycles. The Kier molecular flexibility index (Phi) is 2.01. The highest BCUT2D eigenvalue weighted by Crippen LogP contribution is 2.17. The van der Waals surface area contributed by atoms with E-state index in [-0.39, 0.29) is 11.3 Å². The van der Waals surface area contributed by atoms with Crippen LogP contribution in [0.15, 0.2) is 18.2 Å². The Morgan fingerprint density at radius 3 is 2.86 bits per heavy atom. The summed E-state index contributed by atoms with van der Waals surface area (Å²) in [6.45, 7) is 1.72. The minimum absolute atomic E-state index is 0.268. The lowest BCUT2D eigenvalue weighted by atomic mass is 10.3. The monoisotopic (exact) mass is 192 g/mol. The largest absolute Gasteiger partial charge is 0.307 e. The van der Waals surface area contributed by atoms with Gasteiger partial charge in [-0.15, -0.1) is 0 Å². The first-order valence-corrected chi connectivity index (χ1v) is 4.12. The number of hydrogen-bond acceptors (Lipinski definition) is 4. The molecule has 14 heavy (non-hydrogen) atoms.